The molecule has 0 heterocycles. The fourth-order valence-electron chi connectivity index (χ4n) is 2.97. The SMILES string of the molecule is CCOc1cc(/C=N/NC(=O)c2ccc(Cl)cc2)cc(Cl)c1OCC(=O)Nc1ccccc1OC. The van der Waals surface area contributed by atoms with Gasteiger partial charge < -0.3 is 19.5 Å². The number of amides is 2. The molecule has 3 rings (SSSR count). The predicted molar refractivity (Wildman–Crippen MR) is 136 cm³/mol. The number of para-hydroxylation sites is 2. The highest BCUT2D eigenvalue weighted by Crippen LogP contribution is 2.36. The van der Waals surface area contributed by atoms with Crippen molar-refractivity contribution in [1.82, 2.24) is 5.43 Å². The van der Waals surface area contributed by atoms with E-state index in [4.69, 9.17) is 37.4 Å². The molecule has 0 aliphatic rings. The van der Waals surface area contributed by atoms with Gasteiger partial charge in [0, 0.05) is 10.6 Å². The first-order valence-electron chi connectivity index (χ1n) is 10.5. The lowest BCUT2D eigenvalue weighted by molar-refractivity contribution is -0.118. The summed E-state index contributed by atoms with van der Waals surface area (Å²) in [5.74, 6) is 0.279. The van der Waals surface area contributed by atoms with E-state index < -0.39 is 11.8 Å². The van der Waals surface area contributed by atoms with Gasteiger partial charge in [0.05, 0.1) is 30.6 Å². The van der Waals surface area contributed by atoms with Gasteiger partial charge in [0.15, 0.2) is 18.1 Å². The third-order valence-corrected chi connectivity index (χ3v) is 5.08. The predicted octanol–water partition coefficient (Wildman–Crippen LogP) is 5.18. The van der Waals surface area contributed by atoms with Crippen LogP contribution in [-0.4, -0.2) is 38.4 Å². The van der Waals surface area contributed by atoms with Crippen LogP contribution in [-0.2, 0) is 4.79 Å². The molecule has 0 aliphatic carbocycles. The number of anilines is 1. The quantitative estimate of drug-likeness (QED) is 0.286. The molecule has 2 N–H and O–H groups in total. The van der Waals surface area contributed by atoms with Crippen molar-refractivity contribution >= 4 is 46.9 Å². The maximum atomic E-state index is 12.4. The number of methoxy groups -OCH3 is 1. The molecule has 0 aromatic heterocycles. The number of hydrazone groups is 1. The molecular formula is C25H23Cl2N3O5. The Morgan fingerprint density at radius 2 is 1.74 bits per heavy atom. The summed E-state index contributed by atoms with van der Waals surface area (Å²) < 4.78 is 16.5. The van der Waals surface area contributed by atoms with Gasteiger partial charge in [0.2, 0.25) is 0 Å². The number of nitrogens with one attached hydrogen (secondary N) is 2. The zero-order valence-electron chi connectivity index (χ0n) is 19.0. The number of hydrogen-bond donors (Lipinski definition) is 2. The van der Waals surface area contributed by atoms with Crippen LogP contribution in [0.1, 0.15) is 22.8 Å². The van der Waals surface area contributed by atoms with Crippen molar-refractivity contribution in [3.63, 3.8) is 0 Å². The largest absolute Gasteiger partial charge is 0.495 e. The summed E-state index contributed by atoms with van der Waals surface area (Å²) in [5.41, 5.74) is 3.92. The Bertz CT molecular complexity index is 1220. The van der Waals surface area contributed by atoms with Crippen molar-refractivity contribution in [3.05, 3.63) is 81.8 Å². The number of carbonyl (C=O) groups excluding carboxylic acids is 2. The van der Waals surface area contributed by atoms with Gasteiger partial charge in [-0.25, -0.2) is 5.43 Å². The van der Waals surface area contributed by atoms with E-state index in [2.05, 4.69) is 15.8 Å². The molecule has 0 radical (unpaired) electrons. The summed E-state index contributed by atoms with van der Waals surface area (Å²) in [6, 6.07) is 16.7. The van der Waals surface area contributed by atoms with Crippen LogP contribution in [0.3, 0.4) is 0 Å². The minimum Gasteiger partial charge on any atom is -0.495 e. The maximum absolute atomic E-state index is 12.4. The number of benzene rings is 3. The fraction of sp³-hybridized carbons (Fsp3) is 0.160. The number of halogens is 2. The second kappa shape index (κ2) is 12.6. The lowest BCUT2D eigenvalue weighted by Gasteiger charge is -2.15. The average molecular weight is 516 g/mol. The lowest BCUT2D eigenvalue weighted by Crippen LogP contribution is -2.21. The van der Waals surface area contributed by atoms with Gasteiger partial charge in [0.1, 0.15) is 5.75 Å². The van der Waals surface area contributed by atoms with Crippen molar-refractivity contribution < 1.29 is 23.8 Å². The minimum absolute atomic E-state index is 0.214. The molecule has 8 nitrogen and oxygen atoms in total. The first kappa shape index (κ1) is 25.9. The number of carbonyl (C=O) groups is 2. The van der Waals surface area contributed by atoms with Gasteiger partial charge in [-0.3, -0.25) is 9.59 Å². The van der Waals surface area contributed by atoms with Gasteiger partial charge in [-0.15, -0.1) is 0 Å². The van der Waals surface area contributed by atoms with Crippen LogP contribution in [0.2, 0.25) is 10.0 Å². The second-order valence-electron chi connectivity index (χ2n) is 7.01. The van der Waals surface area contributed by atoms with Gasteiger partial charge in [0.25, 0.3) is 11.8 Å². The summed E-state index contributed by atoms with van der Waals surface area (Å²) in [4.78, 5) is 24.6. The molecule has 3 aromatic carbocycles. The molecule has 0 spiro atoms. The van der Waals surface area contributed by atoms with E-state index in [1.165, 1.54) is 13.3 Å². The van der Waals surface area contributed by atoms with Gasteiger partial charge in [-0.05, 0) is 61.0 Å². The number of hydrogen-bond acceptors (Lipinski definition) is 6. The van der Waals surface area contributed by atoms with E-state index in [9.17, 15) is 9.59 Å². The van der Waals surface area contributed by atoms with Crippen LogP contribution >= 0.6 is 23.2 Å². The molecule has 0 atom stereocenters. The van der Waals surface area contributed by atoms with Crippen LogP contribution in [0.4, 0.5) is 5.69 Å². The molecule has 182 valence electrons. The van der Waals surface area contributed by atoms with E-state index in [0.29, 0.717) is 39.9 Å². The molecule has 2 amide bonds. The maximum Gasteiger partial charge on any atom is 0.271 e. The molecule has 0 saturated heterocycles. The van der Waals surface area contributed by atoms with E-state index in [0.717, 1.165) is 0 Å². The molecule has 0 fully saturated rings. The Balaban J connectivity index is 1.66. The zero-order valence-corrected chi connectivity index (χ0v) is 20.5. The normalized spacial score (nSPS) is 10.6. The monoisotopic (exact) mass is 515 g/mol. The van der Waals surface area contributed by atoms with Crippen molar-refractivity contribution in [1.29, 1.82) is 0 Å². The highest BCUT2D eigenvalue weighted by Gasteiger charge is 2.15. The average Bonchev–Trinajstić information content (AvgIpc) is 2.84. The standard InChI is InChI=1S/C25H23Cl2N3O5/c1-3-34-22-13-16(14-28-30-25(32)17-8-10-18(26)11-9-17)12-19(27)24(22)35-15-23(31)29-20-6-4-5-7-21(20)33-2/h4-14H,3,15H2,1-2H3,(H,29,31)(H,30,32)/b28-14+. The number of nitrogens with zero attached hydrogens (tertiary/aromatic N) is 1. The third kappa shape index (κ3) is 7.37. The molecule has 10 heteroatoms. The summed E-state index contributed by atoms with van der Waals surface area (Å²) in [5, 5.41) is 7.43. The fourth-order valence-corrected chi connectivity index (χ4v) is 3.37. The molecule has 0 aliphatic heterocycles. The first-order chi connectivity index (χ1) is 16.9. The first-order valence-corrected chi connectivity index (χ1v) is 11.3. The molecule has 0 bridgehead atoms. The van der Waals surface area contributed by atoms with Crippen LogP contribution in [0, 0.1) is 0 Å². The van der Waals surface area contributed by atoms with Crippen LogP contribution in [0.5, 0.6) is 17.2 Å². The Morgan fingerprint density at radius 1 is 1.00 bits per heavy atom. The summed E-state index contributed by atoms with van der Waals surface area (Å²) >= 11 is 12.2. The van der Waals surface area contributed by atoms with E-state index >= 15 is 0 Å². The Hall–Kier alpha value is -3.75. The molecule has 0 unspecified atom stereocenters. The van der Waals surface area contributed by atoms with E-state index in [1.54, 1.807) is 67.6 Å². The highest BCUT2D eigenvalue weighted by molar-refractivity contribution is 6.32. The van der Waals surface area contributed by atoms with Crippen LogP contribution in [0.25, 0.3) is 0 Å². The summed E-state index contributed by atoms with van der Waals surface area (Å²) in [6.07, 6.45) is 1.42. The topological polar surface area (TPSA) is 98.3 Å². The second-order valence-corrected chi connectivity index (χ2v) is 7.85. The molecule has 0 saturated carbocycles. The van der Waals surface area contributed by atoms with E-state index in [1.807, 2.05) is 0 Å². The Kier molecular flexibility index (Phi) is 9.34. The Labute approximate surface area is 212 Å². The Morgan fingerprint density at radius 3 is 2.46 bits per heavy atom. The van der Waals surface area contributed by atoms with E-state index in [-0.39, 0.29) is 17.4 Å². The molecular weight excluding hydrogens is 493 g/mol. The number of ether oxygens (including phenoxy) is 3. The van der Waals surface area contributed by atoms with Gasteiger partial charge in [-0.1, -0.05) is 35.3 Å². The molecule has 35 heavy (non-hydrogen) atoms. The zero-order chi connectivity index (χ0) is 25.2. The summed E-state index contributed by atoms with van der Waals surface area (Å²) in [7, 11) is 1.52. The van der Waals surface area contributed by atoms with Crippen molar-refractivity contribution in [2.45, 2.75) is 6.92 Å². The highest BCUT2D eigenvalue weighted by atomic mass is 35.5. The smallest absolute Gasteiger partial charge is 0.271 e. The van der Waals surface area contributed by atoms with Crippen molar-refractivity contribution in [2.24, 2.45) is 5.10 Å². The number of rotatable bonds is 10. The lowest BCUT2D eigenvalue weighted by atomic mass is 10.2. The summed E-state index contributed by atoms with van der Waals surface area (Å²) in [6.45, 7) is 1.84. The van der Waals surface area contributed by atoms with Crippen molar-refractivity contribution in [3.8, 4) is 17.2 Å². The third-order valence-electron chi connectivity index (χ3n) is 4.55. The minimum atomic E-state index is -0.399. The van der Waals surface area contributed by atoms with Crippen LogP contribution < -0.4 is 25.0 Å². The van der Waals surface area contributed by atoms with Crippen molar-refractivity contribution in [2.75, 3.05) is 25.6 Å². The van der Waals surface area contributed by atoms with Crippen LogP contribution in [0.15, 0.2) is 65.8 Å². The van der Waals surface area contributed by atoms with Gasteiger partial charge in [-0.2, -0.15) is 5.10 Å². The molecule has 3 aromatic rings. The van der Waals surface area contributed by atoms with Gasteiger partial charge >= 0.3 is 0 Å².